The highest BCUT2D eigenvalue weighted by Gasteiger charge is 2.24. The molecule has 1 saturated heterocycles. The SMILES string of the molecule is CNC(C#N)CN1CCN(S(C)(=O)=O)CC1. The lowest BCUT2D eigenvalue weighted by molar-refractivity contribution is 0.182. The predicted octanol–water partition coefficient (Wildman–Crippen LogP) is -1.32. The third-order valence-electron chi connectivity index (χ3n) is 2.75. The molecule has 7 heteroatoms. The van der Waals surface area contributed by atoms with Crippen LogP contribution in [-0.2, 0) is 10.0 Å². The summed E-state index contributed by atoms with van der Waals surface area (Å²) in [4.78, 5) is 2.10. The van der Waals surface area contributed by atoms with Crippen molar-refractivity contribution in [2.24, 2.45) is 0 Å². The third-order valence-corrected chi connectivity index (χ3v) is 4.05. The highest BCUT2D eigenvalue weighted by molar-refractivity contribution is 7.88. The molecule has 0 aromatic rings. The molecule has 6 nitrogen and oxygen atoms in total. The minimum absolute atomic E-state index is 0.190. The molecule has 1 heterocycles. The Hall–Kier alpha value is -0.680. The van der Waals surface area contributed by atoms with Gasteiger partial charge in [-0.1, -0.05) is 0 Å². The van der Waals surface area contributed by atoms with E-state index >= 15 is 0 Å². The van der Waals surface area contributed by atoms with Crippen LogP contribution in [0.3, 0.4) is 0 Å². The highest BCUT2D eigenvalue weighted by atomic mass is 32.2. The Kier molecular flexibility index (Phi) is 4.68. The topological polar surface area (TPSA) is 76.4 Å². The Bertz CT molecular complexity index is 354. The number of nitriles is 1. The molecule has 0 amide bonds. The van der Waals surface area contributed by atoms with Crippen molar-refractivity contribution in [1.29, 1.82) is 5.26 Å². The van der Waals surface area contributed by atoms with Crippen LogP contribution in [0, 0.1) is 11.3 Å². The average Bonchev–Trinajstić information content (AvgIpc) is 2.25. The molecule has 1 aliphatic rings. The van der Waals surface area contributed by atoms with Crippen LogP contribution in [0.4, 0.5) is 0 Å². The van der Waals surface area contributed by atoms with E-state index in [9.17, 15) is 8.42 Å². The molecule has 1 rings (SSSR count). The molecule has 0 aromatic heterocycles. The molecular weight excluding hydrogens is 228 g/mol. The zero-order chi connectivity index (χ0) is 12.2. The Balaban J connectivity index is 2.41. The van der Waals surface area contributed by atoms with E-state index in [0.717, 1.165) is 0 Å². The maximum Gasteiger partial charge on any atom is 0.211 e. The minimum Gasteiger partial charge on any atom is -0.304 e. The lowest BCUT2D eigenvalue weighted by Crippen LogP contribution is -2.51. The van der Waals surface area contributed by atoms with Gasteiger partial charge in [0, 0.05) is 32.7 Å². The lowest BCUT2D eigenvalue weighted by Gasteiger charge is -2.33. The number of hydrogen-bond donors (Lipinski definition) is 1. The van der Waals surface area contributed by atoms with Crippen LogP contribution in [0.1, 0.15) is 0 Å². The van der Waals surface area contributed by atoms with Crippen molar-refractivity contribution in [3.8, 4) is 6.07 Å². The van der Waals surface area contributed by atoms with Crippen LogP contribution in [0.5, 0.6) is 0 Å². The smallest absolute Gasteiger partial charge is 0.211 e. The molecule has 1 unspecified atom stereocenters. The van der Waals surface area contributed by atoms with Crippen molar-refractivity contribution in [2.45, 2.75) is 6.04 Å². The van der Waals surface area contributed by atoms with Crippen molar-refractivity contribution >= 4 is 10.0 Å². The largest absolute Gasteiger partial charge is 0.304 e. The van der Waals surface area contributed by atoms with Gasteiger partial charge in [-0.05, 0) is 7.05 Å². The number of rotatable bonds is 4. The van der Waals surface area contributed by atoms with E-state index in [4.69, 9.17) is 5.26 Å². The molecule has 0 aromatic carbocycles. The zero-order valence-corrected chi connectivity index (χ0v) is 10.5. The molecule has 0 radical (unpaired) electrons. The Morgan fingerprint density at radius 1 is 1.38 bits per heavy atom. The zero-order valence-electron chi connectivity index (χ0n) is 9.68. The second kappa shape index (κ2) is 5.59. The van der Waals surface area contributed by atoms with Crippen LogP contribution in [0.15, 0.2) is 0 Å². The maximum absolute atomic E-state index is 11.3. The highest BCUT2D eigenvalue weighted by Crippen LogP contribution is 2.06. The van der Waals surface area contributed by atoms with Gasteiger partial charge in [0.05, 0.1) is 12.3 Å². The molecule has 0 spiro atoms. The Labute approximate surface area is 96.9 Å². The first-order valence-corrected chi connectivity index (χ1v) is 7.06. The van der Waals surface area contributed by atoms with Crippen molar-refractivity contribution < 1.29 is 8.42 Å². The van der Waals surface area contributed by atoms with Gasteiger partial charge in [-0.15, -0.1) is 0 Å². The summed E-state index contributed by atoms with van der Waals surface area (Å²) >= 11 is 0. The molecule has 1 atom stereocenters. The summed E-state index contributed by atoms with van der Waals surface area (Å²) in [5.41, 5.74) is 0. The number of piperazine rings is 1. The normalized spacial score (nSPS) is 21.6. The number of nitrogens with one attached hydrogen (secondary N) is 1. The molecule has 1 aliphatic heterocycles. The van der Waals surface area contributed by atoms with Crippen molar-refractivity contribution in [2.75, 3.05) is 46.0 Å². The molecule has 92 valence electrons. The van der Waals surface area contributed by atoms with E-state index < -0.39 is 10.0 Å². The fourth-order valence-corrected chi connectivity index (χ4v) is 2.53. The summed E-state index contributed by atoms with van der Waals surface area (Å²) in [5, 5.41) is 11.7. The lowest BCUT2D eigenvalue weighted by atomic mass is 10.2. The summed E-state index contributed by atoms with van der Waals surface area (Å²) in [6.45, 7) is 3.05. The van der Waals surface area contributed by atoms with Crippen LogP contribution < -0.4 is 5.32 Å². The van der Waals surface area contributed by atoms with Gasteiger partial charge in [-0.3, -0.25) is 4.90 Å². The van der Waals surface area contributed by atoms with E-state index in [2.05, 4.69) is 16.3 Å². The summed E-state index contributed by atoms with van der Waals surface area (Å²) in [6, 6.07) is 1.97. The van der Waals surface area contributed by atoms with Crippen LogP contribution in [0.2, 0.25) is 0 Å². The van der Waals surface area contributed by atoms with E-state index in [1.54, 1.807) is 7.05 Å². The van der Waals surface area contributed by atoms with Gasteiger partial charge in [-0.25, -0.2) is 8.42 Å². The fraction of sp³-hybridized carbons (Fsp3) is 0.889. The molecule has 0 bridgehead atoms. The third kappa shape index (κ3) is 3.72. The summed E-state index contributed by atoms with van der Waals surface area (Å²) in [6.07, 6.45) is 1.23. The standard InChI is InChI=1S/C9H18N4O2S/c1-11-9(7-10)8-12-3-5-13(6-4-12)16(2,14)15/h9,11H,3-6,8H2,1-2H3. The molecular formula is C9H18N4O2S. The van der Waals surface area contributed by atoms with Crippen molar-refractivity contribution in [3.63, 3.8) is 0 Å². The molecule has 1 N–H and O–H groups in total. The Morgan fingerprint density at radius 3 is 2.31 bits per heavy atom. The van der Waals surface area contributed by atoms with Gasteiger partial charge in [-0.2, -0.15) is 9.57 Å². The molecule has 16 heavy (non-hydrogen) atoms. The number of likely N-dealkylation sites (N-methyl/N-ethyl adjacent to an activating group) is 1. The van der Waals surface area contributed by atoms with Crippen LogP contribution in [0.25, 0.3) is 0 Å². The van der Waals surface area contributed by atoms with E-state index in [0.29, 0.717) is 32.7 Å². The number of sulfonamides is 1. The van der Waals surface area contributed by atoms with Gasteiger partial charge in [0.1, 0.15) is 6.04 Å². The Morgan fingerprint density at radius 2 is 1.94 bits per heavy atom. The van der Waals surface area contributed by atoms with Gasteiger partial charge in [0.2, 0.25) is 10.0 Å². The predicted molar refractivity (Wildman–Crippen MR) is 61.3 cm³/mol. The minimum atomic E-state index is -3.06. The number of nitrogens with zero attached hydrogens (tertiary/aromatic N) is 3. The van der Waals surface area contributed by atoms with E-state index in [-0.39, 0.29) is 6.04 Å². The van der Waals surface area contributed by atoms with Gasteiger partial charge < -0.3 is 5.32 Å². The molecule has 1 fully saturated rings. The molecule has 0 aliphatic carbocycles. The maximum atomic E-state index is 11.3. The second-order valence-corrected chi connectivity index (χ2v) is 5.92. The first-order chi connectivity index (χ1) is 7.47. The van der Waals surface area contributed by atoms with E-state index in [1.807, 2.05) is 0 Å². The summed E-state index contributed by atoms with van der Waals surface area (Å²) in [5.74, 6) is 0. The van der Waals surface area contributed by atoms with E-state index in [1.165, 1.54) is 10.6 Å². The van der Waals surface area contributed by atoms with Crippen LogP contribution >= 0.6 is 0 Å². The van der Waals surface area contributed by atoms with Gasteiger partial charge in [0.25, 0.3) is 0 Å². The number of hydrogen-bond acceptors (Lipinski definition) is 5. The van der Waals surface area contributed by atoms with Crippen LogP contribution in [-0.4, -0.2) is 69.7 Å². The summed E-state index contributed by atoms with van der Waals surface area (Å²) < 4.78 is 24.0. The average molecular weight is 246 g/mol. The molecule has 0 saturated carbocycles. The van der Waals surface area contributed by atoms with Gasteiger partial charge in [0.15, 0.2) is 0 Å². The summed E-state index contributed by atoms with van der Waals surface area (Å²) in [7, 11) is -1.31. The first-order valence-electron chi connectivity index (χ1n) is 5.21. The second-order valence-electron chi connectivity index (χ2n) is 3.93. The van der Waals surface area contributed by atoms with Crippen molar-refractivity contribution in [1.82, 2.24) is 14.5 Å². The quantitative estimate of drug-likeness (QED) is 0.665. The first kappa shape index (κ1) is 13.4. The van der Waals surface area contributed by atoms with Crippen molar-refractivity contribution in [3.05, 3.63) is 0 Å². The van der Waals surface area contributed by atoms with Gasteiger partial charge >= 0.3 is 0 Å². The monoisotopic (exact) mass is 246 g/mol. The fourth-order valence-electron chi connectivity index (χ4n) is 1.70.